The van der Waals surface area contributed by atoms with Gasteiger partial charge >= 0.3 is 6.09 Å². The van der Waals surface area contributed by atoms with E-state index in [1.54, 1.807) is 41.1 Å². The number of amides is 2. The fourth-order valence-electron chi connectivity index (χ4n) is 1.56. The zero-order valence-corrected chi connectivity index (χ0v) is 19.9. The number of hydrogen-bond donors (Lipinski definition) is 0. The van der Waals surface area contributed by atoms with Gasteiger partial charge < -0.3 is 13.9 Å². The van der Waals surface area contributed by atoms with Gasteiger partial charge in [-0.25, -0.2) is 13.3 Å². The van der Waals surface area contributed by atoms with Crippen molar-refractivity contribution in [2.24, 2.45) is 5.16 Å². The van der Waals surface area contributed by atoms with Gasteiger partial charge in [0.25, 0.3) is 12.5 Å². The third kappa shape index (κ3) is 7.76. The van der Waals surface area contributed by atoms with E-state index in [2.05, 4.69) is 5.16 Å². The molecular weight excluding hydrogens is 435 g/mol. The average Bonchev–Trinajstić information content (AvgIpc) is 2.61. The highest BCUT2D eigenvalue weighted by molar-refractivity contribution is 8.15. The van der Waals surface area contributed by atoms with Gasteiger partial charge in [0.15, 0.2) is 0 Å². The van der Waals surface area contributed by atoms with Crippen LogP contribution in [-0.4, -0.2) is 81.7 Å². The molecule has 0 aromatic carbocycles. The molecule has 0 aliphatic heterocycles. The fourth-order valence-corrected chi connectivity index (χ4v) is 6.81. The maximum Gasteiger partial charge on any atom is 0.448 e. The van der Waals surface area contributed by atoms with Crippen molar-refractivity contribution in [2.75, 3.05) is 47.2 Å². The molecule has 14 heteroatoms. The number of hydrogen-bond acceptors (Lipinski definition) is 9. The highest BCUT2D eigenvalue weighted by atomic mass is 32.5. The number of rotatable bonds is 9. The number of carbonyl (C=O) groups excluding carboxylic acids is 2. The molecule has 0 N–H and O–H groups in total. The highest BCUT2D eigenvalue weighted by Gasteiger charge is 2.35. The Morgan fingerprint density at radius 2 is 1.67 bits per heavy atom. The highest BCUT2D eigenvalue weighted by Crippen LogP contribution is 2.53. The van der Waals surface area contributed by atoms with Crippen molar-refractivity contribution < 1.29 is 27.7 Å². The first-order chi connectivity index (χ1) is 12.6. The summed E-state index contributed by atoms with van der Waals surface area (Å²) in [7, 11) is 4.36. The second-order valence-corrected chi connectivity index (χ2v) is 10.7. The molecule has 0 fully saturated rings. The van der Waals surface area contributed by atoms with Crippen LogP contribution >= 0.6 is 18.4 Å². The molecule has 27 heavy (non-hydrogen) atoms. The Labute approximate surface area is 172 Å². The Balaban J connectivity index is 5.36. The summed E-state index contributed by atoms with van der Waals surface area (Å²) in [5.41, 5.74) is 0. The first kappa shape index (κ1) is 26.4. The predicted octanol–water partition coefficient (Wildman–Crippen LogP) is 2.02. The molecule has 0 aromatic heterocycles. The van der Waals surface area contributed by atoms with Crippen molar-refractivity contribution in [3.8, 4) is 0 Å². The summed E-state index contributed by atoms with van der Waals surface area (Å²) in [5, 5.41) is 3.53. The van der Waals surface area contributed by atoms with Crippen molar-refractivity contribution in [3.05, 3.63) is 0 Å². The van der Waals surface area contributed by atoms with E-state index in [0.29, 0.717) is 0 Å². The lowest BCUT2D eigenvalue weighted by Gasteiger charge is -2.32. The largest absolute Gasteiger partial charge is 0.448 e. The zero-order chi connectivity index (χ0) is 21.2. The van der Waals surface area contributed by atoms with Gasteiger partial charge in [-0.3, -0.25) is 9.63 Å². The summed E-state index contributed by atoms with van der Waals surface area (Å²) in [6.07, 6.45) is 0.606. The molecule has 0 aliphatic carbocycles. The van der Waals surface area contributed by atoms with Crippen LogP contribution in [0.15, 0.2) is 5.16 Å². The van der Waals surface area contributed by atoms with E-state index in [1.807, 2.05) is 0 Å². The number of thioether (sulfide) groups is 1. The first-order valence-corrected chi connectivity index (χ1v) is 12.8. The van der Waals surface area contributed by atoms with E-state index in [1.165, 1.54) is 16.0 Å². The van der Waals surface area contributed by atoms with E-state index in [-0.39, 0.29) is 24.8 Å². The molecule has 0 bridgehead atoms. The molecule has 10 nitrogen and oxygen atoms in total. The van der Waals surface area contributed by atoms with Gasteiger partial charge in [0.05, 0.1) is 13.2 Å². The smallest absolute Gasteiger partial charge is 0.343 e. The summed E-state index contributed by atoms with van der Waals surface area (Å²) in [6.45, 7) is 2.94. The van der Waals surface area contributed by atoms with E-state index in [0.717, 1.165) is 16.1 Å². The lowest BCUT2D eigenvalue weighted by Crippen LogP contribution is -2.39. The Morgan fingerprint density at radius 3 is 2.04 bits per heavy atom. The summed E-state index contributed by atoms with van der Waals surface area (Å²) in [5.74, 6) is -0.419. The molecular formula is C13H27N4O6PS3. The zero-order valence-electron chi connectivity index (χ0n) is 16.5. The minimum atomic E-state index is -3.04. The topological polar surface area (TPSA) is 101 Å². The predicted molar refractivity (Wildman–Crippen MR) is 112 cm³/mol. The molecule has 0 spiro atoms. The van der Waals surface area contributed by atoms with Crippen LogP contribution in [0.4, 0.5) is 4.79 Å². The van der Waals surface area contributed by atoms with Crippen LogP contribution in [0.2, 0.25) is 0 Å². The van der Waals surface area contributed by atoms with Crippen molar-refractivity contribution >= 4 is 58.4 Å². The summed E-state index contributed by atoms with van der Waals surface area (Å²) < 4.78 is 26.0. The minimum absolute atomic E-state index is 0.0198. The Kier molecular flexibility index (Phi) is 12.5. The molecule has 158 valence electrons. The maximum absolute atomic E-state index is 12.8. The Hall–Kier alpha value is -0.560. The van der Waals surface area contributed by atoms with Crippen molar-refractivity contribution in [1.82, 2.24) is 13.3 Å². The van der Waals surface area contributed by atoms with Gasteiger partial charge in [-0.15, -0.1) is 15.8 Å². The molecule has 0 rings (SSSR count). The second-order valence-electron chi connectivity index (χ2n) is 4.86. The van der Waals surface area contributed by atoms with E-state index in [4.69, 9.17) is 25.7 Å². The van der Waals surface area contributed by atoms with E-state index in [9.17, 15) is 13.8 Å². The molecule has 0 saturated heterocycles. The maximum atomic E-state index is 12.8. The summed E-state index contributed by atoms with van der Waals surface area (Å²) in [6, 6.07) is 0. The van der Waals surface area contributed by atoms with Gasteiger partial charge in [-0.05, 0) is 31.9 Å². The monoisotopic (exact) mass is 462 g/mol. The molecule has 1 atom stereocenters. The SMILES string of the molecule is CCOP(=S)(OCC)N(CC)S(=O)N(C)C(=O)O/N=C(\SC)C(=O)N(C)C. The Morgan fingerprint density at radius 1 is 1.15 bits per heavy atom. The first-order valence-electron chi connectivity index (χ1n) is 7.96. The third-order valence-electron chi connectivity index (χ3n) is 2.79. The van der Waals surface area contributed by atoms with Crippen LogP contribution in [-0.2, 0) is 41.7 Å². The quantitative estimate of drug-likeness (QED) is 0.169. The lowest BCUT2D eigenvalue weighted by molar-refractivity contribution is -0.121. The lowest BCUT2D eigenvalue weighted by atomic mass is 10.6. The van der Waals surface area contributed by atoms with Crippen LogP contribution < -0.4 is 0 Å². The van der Waals surface area contributed by atoms with Gasteiger partial charge in [0.1, 0.15) is 0 Å². The summed E-state index contributed by atoms with van der Waals surface area (Å²) >= 11 is 4.43. The van der Waals surface area contributed by atoms with Crippen LogP contribution in [0, 0.1) is 0 Å². The fraction of sp³-hybridized carbons (Fsp3) is 0.769. The van der Waals surface area contributed by atoms with E-state index < -0.39 is 29.8 Å². The van der Waals surface area contributed by atoms with Crippen LogP contribution in [0.1, 0.15) is 20.8 Å². The Bertz CT molecular complexity index is 609. The van der Waals surface area contributed by atoms with Gasteiger partial charge in [0, 0.05) is 27.7 Å². The summed E-state index contributed by atoms with van der Waals surface area (Å²) in [4.78, 5) is 30.1. The number of carbonyl (C=O) groups is 2. The van der Waals surface area contributed by atoms with Gasteiger partial charge in [-0.2, -0.15) is 0 Å². The molecule has 0 aliphatic rings. The minimum Gasteiger partial charge on any atom is -0.343 e. The van der Waals surface area contributed by atoms with E-state index >= 15 is 0 Å². The van der Waals surface area contributed by atoms with Crippen LogP contribution in [0.25, 0.3) is 0 Å². The molecule has 1 unspecified atom stereocenters. The van der Waals surface area contributed by atoms with Crippen LogP contribution in [0.3, 0.4) is 0 Å². The van der Waals surface area contributed by atoms with Crippen molar-refractivity contribution in [3.63, 3.8) is 0 Å². The molecule has 0 aromatic rings. The number of oxime groups is 1. The molecule has 0 heterocycles. The number of nitrogens with zero attached hydrogens (tertiary/aromatic N) is 4. The third-order valence-corrected chi connectivity index (χ3v) is 9.26. The van der Waals surface area contributed by atoms with Gasteiger partial charge in [-0.1, -0.05) is 12.1 Å². The molecule has 0 saturated carbocycles. The molecule has 0 radical (unpaired) electrons. The van der Waals surface area contributed by atoms with Crippen molar-refractivity contribution in [1.29, 1.82) is 0 Å². The van der Waals surface area contributed by atoms with Crippen molar-refractivity contribution in [2.45, 2.75) is 20.8 Å². The standard InChI is InChI=1S/C13H27N4O6PS3/c1-8-17(24(25,21-9-2)22-10-3)27(20)16(6)13(19)23-14-11(26-7)12(18)15(4)5/h8-10H2,1-7H3/b14-11-. The second kappa shape index (κ2) is 12.8. The van der Waals surface area contributed by atoms with Gasteiger partial charge in [0.2, 0.25) is 16.2 Å². The normalized spacial score (nSPS) is 13.4. The van der Waals surface area contributed by atoms with Crippen LogP contribution in [0.5, 0.6) is 0 Å². The average molecular weight is 463 g/mol. The molecule has 2 amide bonds.